The van der Waals surface area contributed by atoms with Crippen molar-refractivity contribution in [2.45, 2.75) is 0 Å². The zero-order valence-electron chi connectivity index (χ0n) is 16.2. The van der Waals surface area contributed by atoms with E-state index >= 15 is 0 Å². The second-order valence-corrected chi connectivity index (χ2v) is 6.76. The SMILES string of the molecule is COCCNC(=NCC1COCCOC1)N1CCN(c2ccccn2)CC1. The summed E-state index contributed by atoms with van der Waals surface area (Å²) in [6.07, 6.45) is 1.85. The van der Waals surface area contributed by atoms with Crippen molar-refractivity contribution < 1.29 is 14.2 Å². The lowest BCUT2D eigenvalue weighted by Gasteiger charge is -2.37. The lowest BCUT2D eigenvalue weighted by atomic mass is 10.2. The molecule has 1 N–H and O–H groups in total. The first kappa shape index (κ1) is 19.9. The molecule has 8 nitrogen and oxygen atoms in total. The van der Waals surface area contributed by atoms with Crippen molar-refractivity contribution in [2.75, 3.05) is 84.3 Å². The first-order chi connectivity index (χ1) is 13.4. The molecular weight excluding hydrogens is 346 g/mol. The molecule has 0 aliphatic carbocycles. The third kappa shape index (κ3) is 6.34. The van der Waals surface area contributed by atoms with Gasteiger partial charge in [-0.1, -0.05) is 6.07 Å². The molecule has 0 amide bonds. The molecule has 8 heteroatoms. The molecule has 0 bridgehead atoms. The predicted molar refractivity (Wildman–Crippen MR) is 105 cm³/mol. The van der Waals surface area contributed by atoms with Crippen LogP contribution in [0.3, 0.4) is 0 Å². The first-order valence-electron chi connectivity index (χ1n) is 9.70. The van der Waals surface area contributed by atoms with Crippen LogP contribution in [0.25, 0.3) is 0 Å². The van der Waals surface area contributed by atoms with Gasteiger partial charge < -0.3 is 29.3 Å². The molecule has 2 aliphatic heterocycles. The molecule has 2 saturated heterocycles. The van der Waals surface area contributed by atoms with E-state index in [9.17, 15) is 0 Å². The largest absolute Gasteiger partial charge is 0.383 e. The summed E-state index contributed by atoms with van der Waals surface area (Å²) in [6, 6.07) is 6.05. The fraction of sp³-hybridized carbons (Fsp3) is 0.684. The number of nitrogens with zero attached hydrogens (tertiary/aromatic N) is 4. The van der Waals surface area contributed by atoms with Gasteiger partial charge in [-0.3, -0.25) is 4.99 Å². The van der Waals surface area contributed by atoms with Crippen LogP contribution in [0, 0.1) is 5.92 Å². The van der Waals surface area contributed by atoms with Gasteiger partial charge in [-0.05, 0) is 12.1 Å². The van der Waals surface area contributed by atoms with E-state index < -0.39 is 0 Å². The number of guanidine groups is 1. The number of aliphatic imine (C=N–C) groups is 1. The Hall–Kier alpha value is -1.90. The Labute approximate surface area is 161 Å². The third-order valence-corrected chi connectivity index (χ3v) is 4.72. The average molecular weight is 377 g/mol. The lowest BCUT2D eigenvalue weighted by Crippen LogP contribution is -2.53. The number of aromatic nitrogens is 1. The number of hydrogen-bond donors (Lipinski definition) is 1. The van der Waals surface area contributed by atoms with Crippen LogP contribution in [0.2, 0.25) is 0 Å². The van der Waals surface area contributed by atoms with Gasteiger partial charge in [0.05, 0.1) is 33.0 Å². The molecular formula is C19H31N5O3. The van der Waals surface area contributed by atoms with Crippen molar-refractivity contribution >= 4 is 11.8 Å². The molecule has 2 fully saturated rings. The highest BCUT2D eigenvalue weighted by Gasteiger charge is 2.21. The van der Waals surface area contributed by atoms with Crippen LogP contribution in [-0.4, -0.2) is 95.3 Å². The maximum absolute atomic E-state index is 5.58. The summed E-state index contributed by atoms with van der Waals surface area (Å²) in [5.74, 6) is 2.29. The van der Waals surface area contributed by atoms with Gasteiger partial charge >= 0.3 is 0 Å². The zero-order valence-corrected chi connectivity index (χ0v) is 16.2. The van der Waals surface area contributed by atoms with Crippen molar-refractivity contribution in [3.05, 3.63) is 24.4 Å². The highest BCUT2D eigenvalue weighted by Crippen LogP contribution is 2.13. The molecule has 0 spiro atoms. The highest BCUT2D eigenvalue weighted by atomic mass is 16.5. The molecule has 0 aromatic carbocycles. The standard InChI is InChI=1S/C19H31N5O3/c1-25-11-6-21-19(22-14-17-15-26-12-13-27-16-17)24-9-7-23(8-10-24)18-4-2-3-5-20-18/h2-5,17H,6-16H2,1H3,(H,21,22). The smallest absolute Gasteiger partial charge is 0.194 e. The monoisotopic (exact) mass is 377 g/mol. The predicted octanol–water partition coefficient (Wildman–Crippen LogP) is 0.459. The number of ether oxygens (including phenoxy) is 3. The molecule has 150 valence electrons. The summed E-state index contributed by atoms with van der Waals surface area (Å²) in [7, 11) is 1.71. The average Bonchev–Trinajstić information content (AvgIpc) is 3.00. The quantitative estimate of drug-likeness (QED) is 0.439. The number of hydrogen-bond acceptors (Lipinski definition) is 6. The Balaban J connectivity index is 1.56. The number of anilines is 1. The topological polar surface area (TPSA) is 71.5 Å². The van der Waals surface area contributed by atoms with Crippen molar-refractivity contribution in [2.24, 2.45) is 10.9 Å². The molecule has 0 radical (unpaired) electrons. The fourth-order valence-corrected chi connectivity index (χ4v) is 3.21. The minimum absolute atomic E-state index is 0.307. The van der Waals surface area contributed by atoms with Crippen molar-refractivity contribution in [3.8, 4) is 0 Å². The van der Waals surface area contributed by atoms with Crippen molar-refractivity contribution in [1.29, 1.82) is 0 Å². The van der Waals surface area contributed by atoms with Crippen molar-refractivity contribution in [3.63, 3.8) is 0 Å². The fourth-order valence-electron chi connectivity index (χ4n) is 3.21. The molecule has 1 aromatic heterocycles. The van der Waals surface area contributed by atoms with E-state index in [0.29, 0.717) is 45.5 Å². The molecule has 1 aromatic rings. The minimum Gasteiger partial charge on any atom is -0.383 e. The van der Waals surface area contributed by atoms with E-state index in [1.165, 1.54) is 0 Å². The van der Waals surface area contributed by atoms with Crippen LogP contribution in [0.15, 0.2) is 29.4 Å². The van der Waals surface area contributed by atoms with Crippen LogP contribution >= 0.6 is 0 Å². The summed E-state index contributed by atoms with van der Waals surface area (Å²) in [5, 5.41) is 3.44. The molecule has 0 saturated carbocycles. The Morgan fingerprint density at radius 2 is 2.00 bits per heavy atom. The Morgan fingerprint density at radius 3 is 2.67 bits per heavy atom. The molecule has 0 atom stereocenters. The lowest BCUT2D eigenvalue weighted by molar-refractivity contribution is 0.103. The van der Waals surface area contributed by atoms with Gasteiger partial charge in [0.2, 0.25) is 0 Å². The number of rotatable bonds is 6. The summed E-state index contributed by atoms with van der Waals surface area (Å²) < 4.78 is 16.3. The van der Waals surface area contributed by atoms with Crippen molar-refractivity contribution in [1.82, 2.24) is 15.2 Å². The van der Waals surface area contributed by atoms with Crippen LogP contribution in [-0.2, 0) is 14.2 Å². The van der Waals surface area contributed by atoms with Crippen LogP contribution in [0.1, 0.15) is 0 Å². The zero-order chi connectivity index (χ0) is 18.7. The molecule has 27 heavy (non-hydrogen) atoms. The molecule has 3 heterocycles. The summed E-state index contributed by atoms with van der Waals surface area (Å²) in [5.41, 5.74) is 0. The van der Waals surface area contributed by atoms with Gasteiger partial charge in [0.15, 0.2) is 5.96 Å². The maximum atomic E-state index is 5.58. The second kappa shape index (κ2) is 11.1. The van der Waals surface area contributed by atoms with Crippen LogP contribution in [0.5, 0.6) is 0 Å². The van der Waals surface area contributed by atoms with Gasteiger partial charge in [0, 0.05) is 58.5 Å². The number of pyridine rings is 1. The number of piperazine rings is 1. The van der Waals surface area contributed by atoms with Crippen LogP contribution < -0.4 is 10.2 Å². The van der Waals surface area contributed by atoms with Gasteiger partial charge in [0.25, 0.3) is 0 Å². The number of methoxy groups -OCH3 is 1. The third-order valence-electron chi connectivity index (χ3n) is 4.72. The normalized spacial score (nSPS) is 19.8. The summed E-state index contributed by atoms with van der Waals surface area (Å²) in [4.78, 5) is 13.9. The van der Waals surface area contributed by atoms with Gasteiger partial charge in [-0.15, -0.1) is 0 Å². The number of nitrogens with one attached hydrogen (secondary N) is 1. The highest BCUT2D eigenvalue weighted by molar-refractivity contribution is 5.80. The van der Waals surface area contributed by atoms with Gasteiger partial charge in [-0.25, -0.2) is 4.98 Å². The maximum Gasteiger partial charge on any atom is 0.194 e. The summed E-state index contributed by atoms with van der Waals surface area (Å²) >= 11 is 0. The van der Waals surface area contributed by atoms with E-state index in [4.69, 9.17) is 19.2 Å². The Morgan fingerprint density at radius 1 is 1.22 bits per heavy atom. The van der Waals surface area contributed by atoms with E-state index in [1.807, 2.05) is 18.3 Å². The van der Waals surface area contributed by atoms with E-state index in [0.717, 1.165) is 44.5 Å². The minimum atomic E-state index is 0.307. The molecule has 3 rings (SSSR count). The summed E-state index contributed by atoms with van der Waals surface area (Å²) in [6.45, 7) is 8.55. The van der Waals surface area contributed by atoms with E-state index in [-0.39, 0.29) is 0 Å². The Bertz CT molecular complexity index is 556. The molecule has 2 aliphatic rings. The Kier molecular flexibility index (Phi) is 8.13. The van der Waals surface area contributed by atoms with E-state index in [1.54, 1.807) is 7.11 Å². The first-order valence-corrected chi connectivity index (χ1v) is 9.70. The van der Waals surface area contributed by atoms with Crippen LogP contribution in [0.4, 0.5) is 5.82 Å². The van der Waals surface area contributed by atoms with E-state index in [2.05, 4.69) is 26.2 Å². The van der Waals surface area contributed by atoms with Gasteiger partial charge in [-0.2, -0.15) is 0 Å². The molecule has 0 unspecified atom stereocenters. The van der Waals surface area contributed by atoms with Gasteiger partial charge in [0.1, 0.15) is 5.82 Å². The second-order valence-electron chi connectivity index (χ2n) is 6.76.